The van der Waals surface area contributed by atoms with Crippen LogP contribution in [-0.4, -0.2) is 9.78 Å². The highest BCUT2D eigenvalue weighted by Gasteiger charge is 2.13. The number of aromatic nitrogens is 2. The highest BCUT2D eigenvalue weighted by atomic mass is 35.5. The Hall–Kier alpha value is -1.33. The van der Waals surface area contributed by atoms with Gasteiger partial charge in [0.25, 0.3) is 0 Å². The molecule has 6 heteroatoms. The van der Waals surface area contributed by atoms with Crippen molar-refractivity contribution in [2.75, 3.05) is 0 Å². The third kappa shape index (κ3) is 3.11. The maximum Gasteiger partial charge on any atom is 0.216 e. The quantitative estimate of drug-likeness (QED) is 0.911. The molecule has 2 heterocycles. The van der Waals surface area contributed by atoms with Crippen LogP contribution >= 0.6 is 12.4 Å². The number of halogens is 2. The van der Waals surface area contributed by atoms with Crippen LogP contribution in [0.4, 0.5) is 4.39 Å². The Morgan fingerprint density at radius 2 is 2.22 bits per heavy atom. The van der Waals surface area contributed by atoms with Gasteiger partial charge in [0.2, 0.25) is 5.95 Å². The SMILES string of the molecule is CCn1nc(C)c(CNCc2ccco2)c1F.Cl. The van der Waals surface area contributed by atoms with Crippen molar-refractivity contribution in [3.63, 3.8) is 0 Å². The first kappa shape index (κ1) is 14.7. The van der Waals surface area contributed by atoms with Gasteiger partial charge in [-0.25, -0.2) is 4.68 Å². The molecule has 18 heavy (non-hydrogen) atoms. The van der Waals surface area contributed by atoms with E-state index in [1.165, 1.54) is 4.68 Å². The van der Waals surface area contributed by atoms with Crippen LogP contribution in [0, 0.1) is 12.9 Å². The molecule has 0 saturated carbocycles. The first-order valence-electron chi connectivity index (χ1n) is 5.67. The zero-order valence-corrected chi connectivity index (χ0v) is 11.3. The molecule has 0 aliphatic heterocycles. The summed E-state index contributed by atoms with van der Waals surface area (Å²) in [6.07, 6.45) is 1.62. The topological polar surface area (TPSA) is 43.0 Å². The fraction of sp³-hybridized carbons (Fsp3) is 0.417. The molecule has 0 aliphatic carbocycles. The highest BCUT2D eigenvalue weighted by molar-refractivity contribution is 5.85. The van der Waals surface area contributed by atoms with Crippen LogP contribution in [-0.2, 0) is 19.6 Å². The van der Waals surface area contributed by atoms with Gasteiger partial charge in [-0.05, 0) is 26.0 Å². The smallest absolute Gasteiger partial charge is 0.216 e. The maximum absolute atomic E-state index is 13.8. The average Bonchev–Trinajstić information content (AvgIpc) is 2.91. The van der Waals surface area contributed by atoms with Crippen molar-refractivity contribution < 1.29 is 8.81 Å². The molecule has 0 saturated heterocycles. The molecule has 0 radical (unpaired) electrons. The zero-order chi connectivity index (χ0) is 12.3. The van der Waals surface area contributed by atoms with Crippen LogP contribution in [0.3, 0.4) is 0 Å². The number of nitrogens with zero attached hydrogens (tertiary/aromatic N) is 2. The minimum absolute atomic E-state index is 0. The van der Waals surface area contributed by atoms with Gasteiger partial charge in [0, 0.05) is 18.7 Å². The predicted molar refractivity (Wildman–Crippen MR) is 69.1 cm³/mol. The second kappa shape index (κ2) is 6.56. The van der Waals surface area contributed by atoms with Gasteiger partial charge in [-0.2, -0.15) is 9.49 Å². The molecule has 0 aromatic carbocycles. The van der Waals surface area contributed by atoms with E-state index in [0.717, 1.165) is 11.5 Å². The van der Waals surface area contributed by atoms with E-state index < -0.39 is 0 Å². The molecule has 0 amide bonds. The lowest BCUT2D eigenvalue weighted by Gasteiger charge is -2.02. The van der Waals surface area contributed by atoms with Crippen LogP contribution in [0.1, 0.15) is 23.9 Å². The molecule has 4 nitrogen and oxygen atoms in total. The van der Waals surface area contributed by atoms with E-state index in [2.05, 4.69) is 10.4 Å². The zero-order valence-electron chi connectivity index (χ0n) is 10.4. The largest absolute Gasteiger partial charge is 0.468 e. The minimum Gasteiger partial charge on any atom is -0.468 e. The van der Waals surface area contributed by atoms with Gasteiger partial charge in [-0.1, -0.05) is 0 Å². The molecule has 0 spiro atoms. The van der Waals surface area contributed by atoms with Crippen LogP contribution < -0.4 is 5.32 Å². The van der Waals surface area contributed by atoms with E-state index in [1.807, 2.05) is 26.0 Å². The van der Waals surface area contributed by atoms with Gasteiger partial charge in [0.1, 0.15) is 5.76 Å². The minimum atomic E-state index is -0.253. The lowest BCUT2D eigenvalue weighted by Crippen LogP contribution is -2.13. The van der Waals surface area contributed by atoms with Gasteiger partial charge in [-0.3, -0.25) is 0 Å². The first-order chi connectivity index (χ1) is 8.22. The van der Waals surface area contributed by atoms with Gasteiger partial charge < -0.3 is 9.73 Å². The van der Waals surface area contributed by atoms with E-state index in [1.54, 1.807) is 6.26 Å². The fourth-order valence-corrected chi connectivity index (χ4v) is 1.72. The van der Waals surface area contributed by atoms with Crippen LogP contribution in [0.5, 0.6) is 0 Å². The summed E-state index contributed by atoms with van der Waals surface area (Å²) < 4.78 is 20.4. The molecule has 0 aliphatic rings. The molecule has 0 bridgehead atoms. The van der Waals surface area contributed by atoms with Gasteiger partial charge in [0.15, 0.2) is 0 Å². The van der Waals surface area contributed by atoms with Crippen molar-refractivity contribution in [3.8, 4) is 0 Å². The number of aryl methyl sites for hydroxylation is 2. The Labute approximate surface area is 112 Å². The fourth-order valence-electron chi connectivity index (χ4n) is 1.72. The molecular weight excluding hydrogens is 257 g/mol. The van der Waals surface area contributed by atoms with E-state index in [-0.39, 0.29) is 18.4 Å². The summed E-state index contributed by atoms with van der Waals surface area (Å²) >= 11 is 0. The lowest BCUT2D eigenvalue weighted by molar-refractivity contribution is 0.453. The van der Waals surface area contributed by atoms with Gasteiger partial charge in [-0.15, -0.1) is 12.4 Å². The molecule has 2 rings (SSSR count). The third-order valence-electron chi connectivity index (χ3n) is 2.66. The Bertz CT molecular complexity index is 482. The monoisotopic (exact) mass is 273 g/mol. The number of furan rings is 1. The van der Waals surface area contributed by atoms with Gasteiger partial charge in [0.05, 0.1) is 18.5 Å². The van der Waals surface area contributed by atoms with E-state index in [4.69, 9.17) is 4.42 Å². The highest BCUT2D eigenvalue weighted by Crippen LogP contribution is 2.12. The van der Waals surface area contributed by atoms with Crippen molar-refractivity contribution in [2.45, 2.75) is 33.5 Å². The summed E-state index contributed by atoms with van der Waals surface area (Å²) in [5, 5.41) is 7.26. The summed E-state index contributed by atoms with van der Waals surface area (Å²) in [5.41, 5.74) is 1.36. The second-order valence-electron chi connectivity index (χ2n) is 3.85. The molecule has 2 aromatic heterocycles. The Balaban J connectivity index is 0.00000162. The Morgan fingerprint density at radius 1 is 1.44 bits per heavy atom. The standard InChI is InChI=1S/C12H16FN3O.ClH/c1-3-16-12(13)11(9(2)15-16)8-14-7-10-5-4-6-17-10;/h4-6,14H,3,7-8H2,1-2H3;1H. The normalized spacial score (nSPS) is 10.4. The van der Waals surface area contributed by atoms with Crippen LogP contribution in [0.2, 0.25) is 0 Å². The third-order valence-corrected chi connectivity index (χ3v) is 2.66. The van der Waals surface area contributed by atoms with Crippen molar-refractivity contribution in [2.24, 2.45) is 0 Å². The summed E-state index contributed by atoms with van der Waals surface area (Å²) in [7, 11) is 0. The summed E-state index contributed by atoms with van der Waals surface area (Å²) in [6, 6.07) is 3.71. The molecule has 1 N–H and O–H groups in total. The Morgan fingerprint density at radius 3 is 2.78 bits per heavy atom. The molecular formula is C12H17ClFN3O. The lowest BCUT2D eigenvalue weighted by atomic mass is 10.2. The molecule has 2 aromatic rings. The van der Waals surface area contributed by atoms with E-state index in [0.29, 0.717) is 25.2 Å². The first-order valence-corrected chi connectivity index (χ1v) is 5.67. The van der Waals surface area contributed by atoms with Crippen molar-refractivity contribution >= 4 is 12.4 Å². The molecule has 100 valence electrons. The van der Waals surface area contributed by atoms with E-state index in [9.17, 15) is 4.39 Å². The summed E-state index contributed by atoms with van der Waals surface area (Å²) in [4.78, 5) is 0. The van der Waals surface area contributed by atoms with Crippen LogP contribution in [0.25, 0.3) is 0 Å². The maximum atomic E-state index is 13.8. The molecule has 0 atom stereocenters. The summed E-state index contributed by atoms with van der Waals surface area (Å²) in [6.45, 7) is 5.28. The van der Waals surface area contributed by atoms with Gasteiger partial charge >= 0.3 is 0 Å². The number of hydrogen-bond donors (Lipinski definition) is 1. The number of hydrogen-bond acceptors (Lipinski definition) is 3. The van der Waals surface area contributed by atoms with Crippen LogP contribution in [0.15, 0.2) is 22.8 Å². The predicted octanol–water partition coefficient (Wildman–Crippen LogP) is 2.66. The van der Waals surface area contributed by atoms with E-state index >= 15 is 0 Å². The number of rotatable bonds is 5. The number of nitrogens with one attached hydrogen (secondary N) is 1. The second-order valence-corrected chi connectivity index (χ2v) is 3.85. The summed E-state index contributed by atoms with van der Waals surface area (Å²) in [5.74, 6) is 0.586. The van der Waals surface area contributed by atoms with Crippen molar-refractivity contribution in [1.82, 2.24) is 15.1 Å². The van der Waals surface area contributed by atoms with Crippen molar-refractivity contribution in [1.29, 1.82) is 0 Å². The average molecular weight is 274 g/mol. The van der Waals surface area contributed by atoms with Crippen molar-refractivity contribution in [3.05, 3.63) is 41.4 Å². The Kier molecular flexibility index (Phi) is 5.37. The molecule has 0 fully saturated rings. The molecule has 0 unspecified atom stereocenters.